The van der Waals surface area contributed by atoms with Crippen molar-refractivity contribution in [2.45, 2.75) is 56.2 Å². The van der Waals surface area contributed by atoms with Crippen molar-refractivity contribution in [2.75, 3.05) is 29.9 Å². The molecule has 1 aliphatic rings. The van der Waals surface area contributed by atoms with Crippen LogP contribution >= 0.6 is 0 Å². The second-order valence-electron chi connectivity index (χ2n) is 10.8. The molecule has 0 unspecified atom stereocenters. The Labute approximate surface area is 240 Å². The van der Waals surface area contributed by atoms with Crippen molar-refractivity contribution in [1.29, 1.82) is 0 Å². The van der Waals surface area contributed by atoms with E-state index in [0.717, 1.165) is 31.6 Å². The third-order valence-corrected chi connectivity index (χ3v) is 7.86. The molecule has 1 fully saturated rings. The maximum atomic E-state index is 13.1. The van der Waals surface area contributed by atoms with E-state index in [4.69, 9.17) is 4.74 Å². The predicted octanol–water partition coefficient (Wildman–Crippen LogP) is 2.98. The summed E-state index contributed by atoms with van der Waals surface area (Å²) in [5, 5.41) is 6.05. The first-order valence-corrected chi connectivity index (χ1v) is 15.0. The molecule has 1 aliphatic heterocycles. The van der Waals surface area contributed by atoms with Gasteiger partial charge < -0.3 is 20.3 Å². The van der Waals surface area contributed by atoms with Crippen LogP contribution in [0.5, 0.6) is 0 Å². The van der Waals surface area contributed by atoms with Crippen LogP contribution in [-0.4, -0.2) is 67.6 Å². The molecule has 1 amide bonds. The summed E-state index contributed by atoms with van der Waals surface area (Å²) in [5.41, 5.74) is 0.456. The monoisotopic (exact) mass is 580 g/mol. The zero-order valence-electron chi connectivity index (χ0n) is 23.4. The molecule has 0 saturated carbocycles. The lowest BCUT2D eigenvalue weighted by Crippen LogP contribution is -2.50. The number of nitrogens with one attached hydrogen (secondary N) is 3. The van der Waals surface area contributed by atoms with Crippen LogP contribution in [0.4, 0.5) is 11.6 Å². The zero-order valence-corrected chi connectivity index (χ0v) is 24.2. The predicted molar refractivity (Wildman–Crippen MR) is 156 cm³/mol. The Balaban J connectivity index is 1.39. The van der Waals surface area contributed by atoms with Crippen LogP contribution in [0.2, 0.25) is 0 Å². The fourth-order valence-electron chi connectivity index (χ4n) is 4.38. The second-order valence-corrected chi connectivity index (χ2v) is 12.5. The van der Waals surface area contributed by atoms with Crippen LogP contribution in [0.25, 0.3) is 0 Å². The van der Waals surface area contributed by atoms with Crippen molar-refractivity contribution < 1.29 is 22.7 Å². The van der Waals surface area contributed by atoms with Gasteiger partial charge in [0.1, 0.15) is 11.6 Å². The van der Waals surface area contributed by atoms with Crippen LogP contribution in [0.15, 0.2) is 78.0 Å². The number of hydrogen-bond acceptors (Lipinski definition) is 9. The number of esters is 1. The van der Waals surface area contributed by atoms with E-state index in [2.05, 4.69) is 30.2 Å². The highest BCUT2D eigenvalue weighted by Gasteiger charge is 2.30. The fourth-order valence-corrected chi connectivity index (χ4v) is 5.59. The summed E-state index contributed by atoms with van der Waals surface area (Å²) in [6.07, 6.45) is 5.17. The molecule has 0 bridgehead atoms. The number of ether oxygens (including phenoxy) is 1. The van der Waals surface area contributed by atoms with E-state index < -0.39 is 33.5 Å². The highest BCUT2D eigenvalue weighted by Crippen LogP contribution is 2.22. The first-order valence-electron chi connectivity index (χ1n) is 13.5. The van der Waals surface area contributed by atoms with Crippen molar-refractivity contribution in [3.05, 3.63) is 78.6 Å². The van der Waals surface area contributed by atoms with E-state index in [1.807, 2.05) is 6.07 Å². The molecule has 4 rings (SSSR count). The number of piperidine rings is 1. The largest absolute Gasteiger partial charge is 0.459 e. The molecule has 0 radical (unpaired) electrons. The van der Waals surface area contributed by atoms with Crippen molar-refractivity contribution in [3.8, 4) is 0 Å². The van der Waals surface area contributed by atoms with Crippen molar-refractivity contribution in [3.63, 3.8) is 0 Å². The van der Waals surface area contributed by atoms with Gasteiger partial charge in [-0.2, -0.15) is 4.72 Å². The van der Waals surface area contributed by atoms with E-state index >= 15 is 0 Å². The molecule has 3 aromatic rings. The number of carbonyl (C=O) groups is 2. The van der Waals surface area contributed by atoms with E-state index in [-0.39, 0.29) is 17.5 Å². The standard InChI is InChI=1S/C29H36N6O5S/c1-29(2,3)40-27(37)25(34-41(38,39)24-11-5-4-6-12-24)20-32-26(36)21-9-7-10-23(19-21)35-17-13-22(14-18-35)33-28-30-15-8-16-31-28/h4-12,15-16,19,22,25,34H,13-14,17-18,20H2,1-3H3,(H,32,36)(H,30,31,33)/t25-/m0/s1. The molecular formula is C29H36N6O5S. The maximum Gasteiger partial charge on any atom is 0.326 e. The normalized spacial score (nSPS) is 15.1. The smallest absolute Gasteiger partial charge is 0.326 e. The number of anilines is 2. The number of rotatable bonds is 10. The van der Waals surface area contributed by atoms with Crippen molar-refractivity contribution in [1.82, 2.24) is 20.0 Å². The van der Waals surface area contributed by atoms with E-state index in [1.54, 1.807) is 75.6 Å². The lowest BCUT2D eigenvalue weighted by atomic mass is 10.0. The third kappa shape index (κ3) is 8.73. The van der Waals surface area contributed by atoms with Gasteiger partial charge in [-0.3, -0.25) is 9.59 Å². The molecule has 1 aromatic heterocycles. The van der Waals surface area contributed by atoms with Gasteiger partial charge in [0.2, 0.25) is 16.0 Å². The van der Waals surface area contributed by atoms with Gasteiger partial charge in [0.15, 0.2) is 0 Å². The molecule has 11 nitrogen and oxygen atoms in total. The molecule has 2 aromatic carbocycles. The van der Waals surface area contributed by atoms with Crippen LogP contribution in [0, 0.1) is 0 Å². The lowest BCUT2D eigenvalue weighted by molar-refractivity contribution is -0.156. The van der Waals surface area contributed by atoms with Gasteiger partial charge in [-0.05, 0) is 70.0 Å². The average Bonchev–Trinajstić information content (AvgIpc) is 2.95. The Morgan fingerprint density at radius 3 is 2.34 bits per heavy atom. The lowest BCUT2D eigenvalue weighted by Gasteiger charge is -2.34. The molecular weight excluding hydrogens is 544 g/mol. The molecule has 12 heteroatoms. The van der Waals surface area contributed by atoms with E-state index in [1.165, 1.54) is 12.1 Å². The fraction of sp³-hybridized carbons (Fsp3) is 0.379. The number of sulfonamides is 1. The summed E-state index contributed by atoms with van der Waals surface area (Å²) in [7, 11) is -4.04. The van der Waals surface area contributed by atoms with Gasteiger partial charge in [0.05, 0.1) is 4.90 Å². The van der Waals surface area contributed by atoms with Crippen LogP contribution in [0.1, 0.15) is 44.0 Å². The van der Waals surface area contributed by atoms with Gasteiger partial charge >= 0.3 is 5.97 Å². The number of carbonyl (C=O) groups excluding carboxylic acids is 2. The minimum Gasteiger partial charge on any atom is -0.459 e. The maximum absolute atomic E-state index is 13.1. The summed E-state index contributed by atoms with van der Waals surface area (Å²) >= 11 is 0. The Morgan fingerprint density at radius 1 is 1.00 bits per heavy atom. The summed E-state index contributed by atoms with van der Waals surface area (Å²) in [6, 6.07) is 15.6. The van der Waals surface area contributed by atoms with Gasteiger partial charge in [-0.15, -0.1) is 0 Å². The Bertz CT molecular complexity index is 1420. The second kappa shape index (κ2) is 13.1. The summed E-state index contributed by atoms with van der Waals surface area (Å²) in [5.74, 6) is -0.610. The number of benzene rings is 2. The Morgan fingerprint density at radius 2 is 1.68 bits per heavy atom. The quantitative estimate of drug-likeness (QED) is 0.309. The van der Waals surface area contributed by atoms with Crippen molar-refractivity contribution in [2.24, 2.45) is 0 Å². The third-order valence-electron chi connectivity index (χ3n) is 6.38. The Kier molecular flexibility index (Phi) is 9.56. The van der Waals surface area contributed by atoms with E-state index in [0.29, 0.717) is 11.5 Å². The molecule has 0 spiro atoms. The average molecular weight is 581 g/mol. The SMILES string of the molecule is CC(C)(C)OC(=O)[C@H](CNC(=O)c1cccc(N2CCC(Nc3ncccn3)CC2)c1)NS(=O)(=O)c1ccccc1. The highest BCUT2D eigenvalue weighted by molar-refractivity contribution is 7.89. The van der Waals surface area contributed by atoms with Crippen LogP contribution in [0.3, 0.4) is 0 Å². The molecule has 0 aliphatic carbocycles. The van der Waals surface area contributed by atoms with Gasteiger partial charge in [0, 0.05) is 49.3 Å². The summed E-state index contributed by atoms with van der Waals surface area (Å²) in [6.45, 7) is 6.35. The number of nitrogens with zero attached hydrogens (tertiary/aromatic N) is 3. The molecule has 2 heterocycles. The minimum atomic E-state index is -4.04. The van der Waals surface area contributed by atoms with Gasteiger partial charge in [-0.1, -0.05) is 24.3 Å². The number of hydrogen-bond donors (Lipinski definition) is 3. The molecule has 1 saturated heterocycles. The summed E-state index contributed by atoms with van der Waals surface area (Å²) < 4.78 is 33.7. The van der Waals surface area contributed by atoms with Crippen molar-refractivity contribution >= 4 is 33.5 Å². The first-order chi connectivity index (χ1) is 19.5. The zero-order chi connectivity index (χ0) is 29.5. The highest BCUT2D eigenvalue weighted by atomic mass is 32.2. The number of aromatic nitrogens is 2. The summed E-state index contributed by atoms with van der Waals surface area (Å²) in [4.78, 5) is 36.7. The minimum absolute atomic E-state index is 0.00264. The first kappa shape index (κ1) is 29.9. The van der Waals surface area contributed by atoms with Gasteiger partial charge in [-0.25, -0.2) is 18.4 Å². The van der Waals surface area contributed by atoms with E-state index in [9.17, 15) is 18.0 Å². The molecule has 41 heavy (non-hydrogen) atoms. The number of amides is 1. The topological polar surface area (TPSA) is 143 Å². The molecule has 1 atom stereocenters. The Hall–Kier alpha value is -4.03. The molecule has 218 valence electrons. The van der Waals surface area contributed by atoms with Crippen LogP contribution in [-0.2, 0) is 19.6 Å². The van der Waals surface area contributed by atoms with Crippen LogP contribution < -0.4 is 20.3 Å². The molecule has 3 N–H and O–H groups in total. The van der Waals surface area contributed by atoms with Gasteiger partial charge in [0.25, 0.3) is 5.91 Å².